The third kappa shape index (κ3) is 3.54. The molecule has 0 saturated heterocycles. The number of thiophene rings is 1. The zero-order chi connectivity index (χ0) is 13.2. The first-order valence-electron chi connectivity index (χ1n) is 6.23. The minimum atomic E-state index is -3.41. The Morgan fingerprint density at radius 3 is 2.78 bits per heavy atom. The topological polar surface area (TPSA) is 66.4 Å². The summed E-state index contributed by atoms with van der Waals surface area (Å²) in [6, 6.07) is 1.56. The molecule has 0 atom stereocenters. The van der Waals surface area contributed by atoms with E-state index in [0.29, 0.717) is 16.3 Å². The van der Waals surface area contributed by atoms with Gasteiger partial charge in [-0.15, -0.1) is 11.3 Å². The highest BCUT2D eigenvalue weighted by Gasteiger charge is 2.22. The lowest BCUT2D eigenvalue weighted by molar-refractivity contribution is 0.285. The number of aliphatic hydroxyl groups excluding tert-OH is 1. The summed E-state index contributed by atoms with van der Waals surface area (Å²) >= 11 is 1.33. The van der Waals surface area contributed by atoms with E-state index in [4.69, 9.17) is 5.11 Å². The van der Waals surface area contributed by atoms with Gasteiger partial charge in [-0.2, -0.15) is 0 Å². The summed E-state index contributed by atoms with van der Waals surface area (Å²) in [5.41, 5.74) is 0. The van der Waals surface area contributed by atoms with Crippen LogP contribution in [-0.2, 0) is 16.6 Å². The molecule has 1 aromatic heterocycles. The van der Waals surface area contributed by atoms with E-state index in [1.165, 1.54) is 24.2 Å². The lowest BCUT2D eigenvalue weighted by Crippen LogP contribution is -2.25. The molecule has 0 aromatic carbocycles. The van der Waals surface area contributed by atoms with Crippen LogP contribution in [0.3, 0.4) is 0 Å². The molecule has 18 heavy (non-hydrogen) atoms. The fraction of sp³-hybridized carbons (Fsp3) is 0.667. The van der Waals surface area contributed by atoms with Crippen LogP contribution in [-0.4, -0.2) is 20.1 Å². The average molecular weight is 289 g/mol. The van der Waals surface area contributed by atoms with Gasteiger partial charge in [0.1, 0.15) is 0 Å². The third-order valence-electron chi connectivity index (χ3n) is 3.15. The Hall–Kier alpha value is -0.430. The number of hydrogen-bond donors (Lipinski definition) is 2. The Morgan fingerprint density at radius 2 is 2.22 bits per heavy atom. The molecule has 2 rings (SSSR count). The summed E-state index contributed by atoms with van der Waals surface area (Å²) in [6.07, 6.45) is 4.62. The van der Waals surface area contributed by atoms with E-state index in [1.807, 2.05) is 0 Å². The number of nitrogens with one attached hydrogen (secondary N) is 1. The van der Waals surface area contributed by atoms with Gasteiger partial charge in [0, 0.05) is 16.3 Å². The van der Waals surface area contributed by atoms with Gasteiger partial charge in [0.2, 0.25) is 10.0 Å². The van der Waals surface area contributed by atoms with Crippen molar-refractivity contribution in [1.29, 1.82) is 0 Å². The molecular weight excluding hydrogens is 270 g/mol. The van der Waals surface area contributed by atoms with Gasteiger partial charge in [0.25, 0.3) is 0 Å². The molecule has 0 spiro atoms. The lowest BCUT2D eigenvalue weighted by atomic mass is 10.2. The Bertz CT molecular complexity index is 503. The third-order valence-corrected chi connectivity index (χ3v) is 5.90. The van der Waals surface area contributed by atoms with Crippen molar-refractivity contribution in [3.8, 4) is 0 Å². The molecule has 2 N–H and O–H groups in total. The van der Waals surface area contributed by atoms with Crippen molar-refractivity contribution in [2.24, 2.45) is 5.92 Å². The molecule has 1 saturated carbocycles. The van der Waals surface area contributed by atoms with Crippen molar-refractivity contribution in [3.63, 3.8) is 0 Å². The molecule has 0 radical (unpaired) electrons. The molecule has 4 nitrogen and oxygen atoms in total. The predicted molar refractivity (Wildman–Crippen MR) is 72.1 cm³/mol. The first-order chi connectivity index (χ1) is 8.53. The SMILES string of the molecule is Cc1sc(CO)cc1S(=O)(=O)NCCCC1CC1. The van der Waals surface area contributed by atoms with Gasteiger partial charge in [-0.05, 0) is 31.7 Å². The minimum absolute atomic E-state index is 0.108. The Balaban J connectivity index is 1.93. The molecule has 1 aliphatic carbocycles. The maximum atomic E-state index is 12.1. The van der Waals surface area contributed by atoms with E-state index in [9.17, 15) is 8.42 Å². The van der Waals surface area contributed by atoms with Crippen molar-refractivity contribution in [2.45, 2.75) is 44.1 Å². The number of aryl methyl sites for hydroxylation is 1. The van der Waals surface area contributed by atoms with Gasteiger partial charge in [-0.25, -0.2) is 13.1 Å². The van der Waals surface area contributed by atoms with E-state index in [2.05, 4.69) is 4.72 Å². The van der Waals surface area contributed by atoms with Crippen LogP contribution in [0.25, 0.3) is 0 Å². The van der Waals surface area contributed by atoms with Crippen LogP contribution in [0.1, 0.15) is 35.4 Å². The zero-order valence-electron chi connectivity index (χ0n) is 10.5. The Morgan fingerprint density at radius 1 is 1.50 bits per heavy atom. The van der Waals surface area contributed by atoms with Crippen LogP contribution < -0.4 is 4.72 Å². The molecule has 6 heteroatoms. The number of sulfonamides is 1. The van der Waals surface area contributed by atoms with Crippen LogP contribution in [0.15, 0.2) is 11.0 Å². The summed E-state index contributed by atoms with van der Waals surface area (Å²) in [5, 5.41) is 9.02. The minimum Gasteiger partial charge on any atom is -0.391 e. The number of rotatable bonds is 7. The van der Waals surface area contributed by atoms with E-state index in [0.717, 1.165) is 23.6 Å². The van der Waals surface area contributed by atoms with Crippen LogP contribution in [0.5, 0.6) is 0 Å². The highest BCUT2D eigenvalue weighted by Crippen LogP contribution is 2.33. The van der Waals surface area contributed by atoms with Gasteiger partial charge in [-0.1, -0.05) is 12.8 Å². The van der Waals surface area contributed by atoms with Crippen molar-refractivity contribution in [1.82, 2.24) is 4.72 Å². The average Bonchev–Trinajstić information content (AvgIpc) is 3.06. The predicted octanol–water partition coefficient (Wildman–Crippen LogP) is 2.02. The summed E-state index contributed by atoms with van der Waals surface area (Å²) in [4.78, 5) is 1.72. The quantitative estimate of drug-likeness (QED) is 0.755. The van der Waals surface area contributed by atoms with Crippen molar-refractivity contribution in [2.75, 3.05) is 6.54 Å². The molecule has 1 aliphatic rings. The number of aliphatic hydroxyl groups is 1. The first kappa shape index (κ1) is 14.0. The summed E-state index contributed by atoms with van der Waals surface area (Å²) in [7, 11) is -3.41. The molecule has 1 heterocycles. The van der Waals surface area contributed by atoms with Gasteiger partial charge in [-0.3, -0.25) is 0 Å². The van der Waals surface area contributed by atoms with Gasteiger partial charge in [0.15, 0.2) is 0 Å². The Labute approximate surface area is 112 Å². The van der Waals surface area contributed by atoms with Crippen LogP contribution in [0.2, 0.25) is 0 Å². The van der Waals surface area contributed by atoms with E-state index >= 15 is 0 Å². The van der Waals surface area contributed by atoms with E-state index in [1.54, 1.807) is 13.0 Å². The standard InChI is InChI=1S/C12H19NO3S2/c1-9-12(7-11(8-14)17-9)18(15,16)13-6-2-3-10-4-5-10/h7,10,13-14H,2-6,8H2,1H3. The van der Waals surface area contributed by atoms with E-state index < -0.39 is 10.0 Å². The molecular formula is C12H19NO3S2. The van der Waals surface area contributed by atoms with Crippen molar-refractivity contribution < 1.29 is 13.5 Å². The maximum Gasteiger partial charge on any atom is 0.241 e. The molecule has 0 bridgehead atoms. The molecule has 1 aromatic rings. The summed E-state index contributed by atoms with van der Waals surface area (Å²) in [5.74, 6) is 0.832. The maximum absolute atomic E-state index is 12.1. The molecule has 102 valence electrons. The van der Waals surface area contributed by atoms with Crippen molar-refractivity contribution in [3.05, 3.63) is 15.8 Å². The lowest BCUT2D eigenvalue weighted by Gasteiger charge is -2.05. The molecule has 0 unspecified atom stereocenters. The first-order valence-corrected chi connectivity index (χ1v) is 8.52. The fourth-order valence-corrected chi connectivity index (χ4v) is 4.52. The fourth-order valence-electron chi connectivity index (χ4n) is 1.95. The summed E-state index contributed by atoms with van der Waals surface area (Å²) < 4.78 is 26.7. The molecule has 0 aliphatic heterocycles. The molecule has 0 amide bonds. The van der Waals surface area contributed by atoms with Gasteiger partial charge in [0.05, 0.1) is 11.5 Å². The highest BCUT2D eigenvalue weighted by molar-refractivity contribution is 7.89. The normalized spacial score (nSPS) is 16.1. The van der Waals surface area contributed by atoms with Crippen LogP contribution >= 0.6 is 11.3 Å². The van der Waals surface area contributed by atoms with Crippen molar-refractivity contribution >= 4 is 21.4 Å². The highest BCUT2D eigenvalue weighted by atomic mass is 32.2. The second kappa shape index (κ2) is 5.69. The zero-order valence-corrected chi connectivity index (χ0v) is 12.1. The monoisotopic (exact) mass is 289 g/mol. The van der Waals surface area contributed by atoms with Gasteiger partial charge >= 0.3 is 0 Å². The van der Waals surface area contributed by atoms with E-state index in [-0.39, 0.29) is 6.61 Å². The largest absolute Gasteiger partial charge is 0.391 e. The van der Waals surface area contributed by atoms with Crippen LogP contribution in [0, 0.1) is 12.8 Å². The summed E-state index contributed by atoms with van der Waals surface area (Å²) in [6.45, 7) is 2.16. The smallest absolute Gasteiger partial charge is 0.241 e. The second-order valence-corrected chi connectivity index (χ2v) is 7.85. The second-order valence-electron chi connectivity index (χ2n) is 4.77. The number of hydrogen-bond acceptors (Lipinski definition) is 4. The van der Waals surface area contributed by atoms with Gasteiger partial charge < -0.3 is 5.11 Å². The Kier molecular flexibility index (Phi) is 4.42. The molecule has 1 fully saturated rings. The van der Waals surface area contributed by atoms with Crippen LogP contribution in [0.4, 0.5) is 0 Å².